The predicted octanol–water partition coefficient (Wildman–Crippen LogP) is 3.56. The van der Waals surface area contributed by atoms with E-state index in [0.29, 0.717) is 17.1 Å². The van der Waals surface area contributed by atoms with Crippen molar-refractivity contribution < 1.29 is 8.78 Å². The van der Waals surface area contributed by atoms with Crippen LogP contribution in [0.4, 0.5) is 14.6 Å². The molecule has 0 amide bonds. The van der Waals surface area contributed by atoms with Gasteiger partial charge in [0.05, 0.1) is 28.4 Å². The van der Waals surface area contributed by atoms with Gasteiger partial charge < -0.3 is 5.73 Å². The predicted molar refractivity (Wildman–Crippen MR) is 78.8 cm³/mol. The molecular weight excluding hydrogens is 342 g/mol. The summed E-state index contributed by atoms with van der Waals surface area (Å²) < 4.78 is 29.3. The number of benzene rings is 1. The van der Waals surface area contributed by atoms with E-state index < -0.39 is 11.6 Å². The Labute approximate surface area is 127 Å². The molecule has 0 atom stereocenters. The molecule has 0 unspecified atom stereocenters. The Bertz CT molecular complexity index is 799. The number of halogens is 3. The molecule has 106 valence electrons. The van der Waals surface area contributed by atoms with Crippen LogP contribution in [0.15, 0.2) is 47.5 Å². The molecule has 7 heteroatoms. The van der Waals surface area contributed by atoms with Crippen molar-refractivity contribution in [2.45, 2.75) is 0 Å². The molecule has 4 nitrogen and oxygen atoms in total. The first-order valence-corrected chi connectivity index (χ1v) is 6.74. The molecule has 0 aliphatic rings. The van der Waals surface area contributed by atoms with Gasteiger partial charge >= 0.3 is 0 Å². The smallest absolute Gasteiger partial charge is 0.148 e. The fourth-order valence-corrected chi connectivity index (χ4v) is 2.27. The zero-order valence-electron chi connectivity index (χ0n) is 10.6. The highest BCUT2D eigenvalue weighted by molar-refractivity contribution is 9.10. The number of aromatic nitrogens is 3. The largest absolute Gasteiger partial charge is 0.384 e. The van der Waals surface area contributed by atoms with Gasteiger partial charge in [0.15, 0.2) is 0 Å². The highest BCUT2D eigenvalue weighted by Crippen LogP contribution is 2.27. The Morgan fingerprint density at radius 1 is 1.10 bits per heavy atom. The molecular formula is C14H9BrF2N4. The van der Waals surface area contributed by atoms with Crippen molar-refractivity contribution in [3.63, 3.8) is 0 Å². The lowest BCUT2D eigenvalue weighted by Gasteiger charge is -2.10. The Balaban J connectivity index is 2.15. The third-order valence-corrected chi connectivity index (χ3v) is 3.58. The molecule has 0 spiro atoms. The van der Waals surface area contributed by atoms with E-state index in [9.17, 15) is 8.78 Å². The van der Waals surface area contributed by atoms with Crippen molar-refractivity contribution in [1.29, 1.82) is 0 Å². The lowest BCUT2D eigenvalue weighted by atomic mass is 10.2. The topological polar surface area (TPSA) is 56.7 Å². The van der Waals surface area contributed by atoms with Crippen LogP contribution in [0.25, 0.3) is 16.9 Å². The number of hydrogen-bond donors (Lipinski definition) is 1. The molecule has 0 aliphatic heterocycles. The van der Waals surface area contributed by atoms with Crippen LogP contribution >= 0.6 is 15.9 Å². The highest BCUT2D eigenvalue weighted by atomic mass is 79.9. The van der Waals surface area contributed by atoms with Crippen LogP contribution in [0, 0.1) is 11.6 Å². The van der Waals surface area contributed by atoms with Gasteiger partial charge in [0.25, 0.3) is 0 Å². The van der Waals surface area contributed by atoms with Crippen LogP contribution in [-0.4, -0.2) is 14.5 Å². The fourth-order valence-electron chi connectivity index (χ4n) is 1.95. The van der Waals surface area contributed by atoms with E-state index in [-0.39, 0.29) is 10.2 Å². The van der Waals surface area contributed by atoms with E-state index >= 15 is 0 Å². The average Bonchev–Trinajstić information content (AvgIpc) is 2.93. The Morgan fingerprint density at radius 2 is 1.90 bits per heavy atom. The summed E-state index contributed by atoms with van der Waals surface area (Å²) in [6.07, 6.45) is 4.51. The Hall–Kier alpha value is -2.28. The number of imidazole rings is 1. The second-order valence-electron chi connectivity index (χ2n) is 4.34. The summed E-state index contributed by atoms with van der Waals surface area (Å²) in [5.41, 5.74) is 6.90. The van der Waals surface area contributed by atoms with Crippen molar-refractivity contribution in [3.8, 4) is 16.9 Å². The van der Waals surface area contributed by atoms with Gasteiger partial charge in [-0.1, -0.05) is 0 Å². The fraction of sp³-hybridized carbons (Fsp3) is 0. The minimum atomic E-state index is -0.564. The first-order chi connectivity index (χ1) is 10.1. The van der Waals surface area contributed by atoms with E-state index in [1.807, 2.05) is 0 Å². The molecule has 0 bridgehead atoms. The minimum absolute atomic E-state index is 0.0690. The molecule has 0 fully saturated rings. The molecule has 2 heterocycles. The van der Waals surface area contributed by atoms with E-state index in [2.05, 4.69) is 25.9 Å². The summed E-state index contributed by atoms with van der Waals surface area (Å²) in [6.45, 7) is 0. The molecule has 3 aromatic rings. The zero-order valence-corrected chi connectivity index (χ0v) is 12.2. The van der Waals surface area contributed by atoms with Gasteiger partial charge in [-0.15, -0.1) is 0 Å². The van der Waals surface area contributed by atoms with Gasteiger partial charge in [-0.2, -0.15) is 0 Å². The summed E-state index contributed by atoms with van der Waals surface area (Å²) in [4.78, 5) is 7.98. The van der Waals surface area contributed by atoms with E-state index in [0.717, 1.165) is 12.1 Å². The van der Waals surface area contributed by atoms with Gasteiger partial charge in [0, 0.05) is 17.8 Å². The summed E-state index contributed by atoms with van der Waals surface area (Å²) in [7, 11) is 0. The Morgan fingerprint density at radius 3 is 2.62 bits per heavy atom. The van der Waals surface area contributed by atoms with Crippen LogP contribution in [0.3, 0.4) is 0 Å². The van der Waals surface area contributed by atoms with Crippen LogP contribution in [0.2, 0.25) is 0 Å². The average molecular weight is 351 g/mol. The normalized spacial score (nSPS) is 10.8. The molecule has 3 rings (SSSR count). The lowest BCUT2D eigenvalue weighted by molar-refractivity contribution is 0.587. The quantitative estimate of drug-likeness (QED) is 0.719. The molecule has 2 aromatic heterocycles. The number of anilines is 1. The van der Waals surface area contributed by atoms with Gasteiger partial charge in [0.2, 0.25) is 0 Å². The Kier molecular flexibility index (Phi) is 3.42. The zero-order chi connectivity index (χ0) is 15.0. The summed E-state index contributed by atoms with van der Waals surface area (Å²) in [5.74, 6) is -0.738. The molecule has 0 saturated carbocycles. The molecule has 0 radical (unpaired) electrons. The van der Waals surface area contributed by atoms with Gasteiger partial charge in [-0.3, -0.25) is 4.57 Å². The van der Waals surface area contributed by atoms with Crippen molar-refractivity contribution in [2.24, 2.45) is 0 Å². The van der Waals surface area contributed by atoms with Crippen molar-refractivity contribution in [3.05, 3.63) is 59.1 Å². The molecule has 0 saturated heterocycles. The first kappa shape index (κ1) is 13.7. The van der Waals surface area contributed by atoms with Crippen LogP contribution in [-0.2, 0) is 0 Å². The van der Waals surface area contributed by atoms with Crippen LogP contribution in [0.1, 0.15) is 0 Å². The highest BCUT2D eigenvalue weighted by Gasteiger charge is 2.14. The minimum Gasteiger partial charge on any atom is -0.384 e. The first-order valence-electron chi connectivity index (χ1n) is 5.95. The maximum atomic E-state index is 14.1. The number of nitrogens with two attached hydrogens (primary N) is 1. The monoisotopic (exact) mass is 350 g/mol. The second-order valence-corrected chi connectivity index (χ2v) is 5.19. The van der Waals surface area contributed by atoms with Crippen LogP contribution < -0.4 is 5.73 Å². The maximum Gasteiger partial charge on any atom is 0.148 e. The summed E-state index contributed by atoms with van der Waals surface area (Å²) in [6, 6.07) is 5.55. The van der Waals surface area contributed by atoms with Crippen molar-refractivity contribution in [1.82, 2.24) is 14.5 Å². The van der Waals surface area contributed by atoms with Crippen molar-refractivity contribution >= 4 is 21.7 Å². The van der Waals surface area contributed by atoms with Crippen LogP contribution in [0.5, 0.6) is 0 Å². The molecule has 1 aromatic carbocycles. The summed E-state index contributed by atoms with van der Waals surface area (Å²) >= 11 is 2.95. The number of rotatable bonds is 2. The van der Waals surface area contributed by atoms with E-state index in [1.165, 1.54) is 10.9 Å². The van der Waals surface area contributed by atoms with Gasteiger partial charge in [-0.05, 0) is 34.1 Å². The van der Waals surface area contributed by atoms with Gasteiger partial charge in [-0.25, -0.2) is 18.7 Å². The number of nitrogens with zero attached hydrogens (tertiary/aromatic N) is 3. The number of hydrogen-bond acceptors (Lipinski definition) is 3. The second kappa shape index (κ2) is 5.25. The SMILES string of the molecule is Nc1ccc(-c2cncn2-c2cc(F)c(Br)cc2F)cn1. The maximum absolute atomic E-state index is 14.1. The lowest BCUT2D eigenvalue weighted by Crippen LogP contribution is -2.00. The van der Waals surface area contributed by atoms with Gasteiger partial charge in [0.1, 0.15) is 17.5 Å². The third kappa shape index (κ3) is 2.52. The molecule has 21 heavy (non-hydrogen) atoms. The van der Waals surface area contributed by atoms with E-state index in [1.54, 1.807) is 24.5 Å². The third-order valence-electron chi connectivity index (χ3n) is 2.97. The van der Waals surface area contributed by atoms with E-state index in [4.69, 9.17) is 5.73 Å². The summed E-state index contributed by atoms with van der Waals surface area (Å²) in [5, 5.41) is 0. The molecule has 0 aliphatic carbocycles. The standard InChI is InChI=1S/C14H9BrF2N4/c15-9-3-11(17)12(4-10(9)16)21-7-19-6-13(21)8-1-2-14(18)20-5-8/h1-7H,(H2,18,20). The number of pyridine rings is 1. The molecule has 2 N–H and O–H groups in total. The number of nitrogen functional groups attached to an aromatic ring is 1. The van der Waals surface area contributed by atoms with Crippen molar-refractivity contribution in [2.75, 3.05) is 5.73 Å².